The van der Waals surface area contributed by atoms with Crippen molar-refractivity contribution in [3.05, 3.63) is 35.1 Å². The monoisotopic (exact) mass is 302 g/mol. The highest BCUT2D eigenvalue weighted by Crippen LogP contribution is 2.23. The molecule has 2 heterocycles. The lowest BCUT2D eigenvalue weighted by Gasteiger charge is -2.22. The number of rotatable bonds is 3. The molecular formula is C15H18N4OS. The van der Waals surface area contributed by atoms with Gasteiger partial charge in [0.25, 0.3) is 0 Å². The van der Waals surface area contributed by atoms with Crippen LogP contribution in [0, 0.1) is 4.77 Å². The van der Waals surface area contributed by atoms with Crippen LogP contribution in [0.5, 0.6) is 0 Å². The van der Waals surface area contributed by atoms with Crippen LogP contribution in [-0.2, 0) is 4.79 Å². The number of carbonyl (C=O) groups excluding carboxylic acids is 1. The molecule has 5 nitrogen and oxygen atoms in total. The van der Waals surface area contributed by atoms with Crippen molar-refractivity contribution in [2.45, 2.75) is 25.8 Å². The Balaban J connectivity index is 1.96. The van der Waals surface area contributed by atoms with Gasteiger partial charge in [0.1, 0.15) is 6.04 Å². The summed E-state index contributed by atoms with van der Waals surface area (Å²) in [4.78, 5) is 14.5. The van der Waals surface area contributed by atoms with E-state index in [1.165, 1.54) is 0 Å². The third-order valence-electron chi connectivity index (χ3n) is 3.90. The molecule has 1 aromatic heterocycles. The summed E-state index contributed by atoms with van der Waals surface area (Å²) in [6, 6.07) is 9.44. The van der Waals surface area contributed by atoms with E-state index < -0.39 is 0 Å². The highest BCUT2D eigenvalue weighted by atomic mass is 32.1. The van der Waals surface area contributed by atoms with E-state index in [1.807, 2.05) is 46.7 Å². The zero-order valence-electron chi connectivity index (χ0n) is 12.0. The SMILES string of the molecule is CC(C(=O)N1CCCC1)n1c(-c2ccccc2)n[nH]c1=S. The second-order valence-electron chi connectivity index (χ2n) is 5.30. The standard InChI is InChI=1S/C15H18N4OS/c1-11(14(20)18-9-5-6-10-18)19-13(16-17-15(19)21)12-7-3-2-4-8-12/h2-4,7-8,11H,5-6,9-10H2,1H3,(H,17,21). The lowest BCUT2D eigenvalue weighted by molar-refractivity contribution is -0.133. The Morgan fingerprint density at radius 2 is 1.95 bits per heavy atom. The molecule has 1 N–H and O–H groups in total. The normalized spacial score (nSPS) is 16.1. The van der Waals surface area contributed by atoms with E-state index in [4.69, 9.17) is 12.2 Å². The zero-order chi connectivity index (χ0) is 14.8. The summed E-state index contributed by atoms with van der Waals surface area (Å²) in [5.74, 6) is 0.822. The van der Waals surface area contributed by atoms with Gasteiger partial charge >= 0.3 is 0 Å². The number of nitrogens with one attached hydrogen (secondary N) is 1. The number of aromatic nitrogens is 3. The molecule has 1 unspecified atom stereocenters. The lowest BCUT2D eigenvalue weighted by Crippen LogP contribution is -2.34. The number of benzene rings is 1. The first kappa shape index (κ1) is 14.0. The zero-order valence-corrected chi connectivity index (χ0v) is 12.8. The van der Waals surface area contributed by atoms with Crippen LogP contribution in [0.15, 0.2) is 30.3 Å². The summed E-state index contributed by atoms with van der Waals surface area (Å²) in [6.07, 6.45) is 2.17. The van der Waals surface area contributed by atoms with Gasteiger partial charge in [-0.15, -0.1) is 0 Å². The lowest BCUT2D eigenvalue weighted by atomic mass is 10.2. The van der Waals surface area contributed by atoms with E-state index in [9.17, 15) is 4.79 Å². The summed E-state index contributed by atoms with van der Waals surface area (Å²) in [6.45, 7) is 3.57. The smallest absolute Gasteiger partial charge is 0.245 e. The second-order valence-corrected chi connectivity index (χ2v) is 5.68. The first-order valence-electron chi connectivity index (χ1n) is 7.19. The van der Waals surface area contributed by atoms with Gasteiger partial charge in [0.05, 0.1) is 0 Å². The number of aromatic amines is 1. The Bertz CT molecular complexity index is 685. The van der Waals surface area contributed by atoms with Crippen LogP contribution in [0.4, 0.5) is 0 Å². The maximum absolute atomic E-state index is 12.6. The van der Waals surface area contributed by atoms with Crippen LogP contribution in [0.25, 0.3) is 11.4 Å². The second kappa shape index (κ2) is 5.81. The highest BCUT2D eigenvalue weighted by molar-refractivity contribution is 7.71. The molecule has 1 saturated heterocycles. The van der Waals surface area contributed by atoms with Crippen molar-refractivity contribution in [3.8, 4) is 11.4 Å². The minimum absolute atomic E-state index is 0.113. The first-order chi connectivity index (χ1) is 10.2. The van der Waals surface area contributed by atoms with Gasteiger partial charge in [0.2, 0.25) is 5.91 Å². The van der Waals surface area contributed by atoms with E-state index in [1.54, 1.807) is 0 Å². The maximum atomic E-state index is 12.6. The molecule has 1 aliphatic heterocycles. The molecule has 0 saturated carbocycles. The van der Waals surface area contributed by atoms with Gasteiger partial charge in [-0.2, -0.15) is 5.10 Å². The van der Waals surface area contributed by atoms with Crippen LogP contribution in [0.3, 0.4) is 0 Å². The molecule has 1 amide bonds. The topological polar surface area (TPSA) is 53.9 Å². The molecule has 0 bridgehead atoms. The Kier molecular flexibility index (Phi) is 3.88. The number of carbonyl (C=O) groups is 1. The summed E-state index contributed by atoms with van der Waals surface area (Å²) >= 11 is 5.32. The number of likely N-dealkylation sites (tertiary alicyclic amines) is 1. The molecular weight excluding hydrogens is 284 g/mol. The average Bonchev–Trinajstić information content (AvgIpc) is 3.16. The van der Waals surface area contributed by atoms with Crippen LogP contribution < -0.4 is 0 Å². The maximum Gasteiger partial charge on any atom is 0.245 e. The molecule has 0 aliphatic carbocycles. The molecule has 2 aromatic rings. The fraction of sp³-hybridized carbons (Fsp3) is 0.400. The number of hydrogen-bond donors (Lipinski definition) is 1. The molecule has 6 heteroatoms. The van der Waals surface area contributed by atoms with E-state index in [2.05, 4.69) is 10.2 Å². The Morgan fingerprint density at radius 1 is 1.29 bits per heavy atom. The molecule has 0 radical (unpaired) electrons. The Labute approximate surface area is 128 Å². The van der Waals surface area contributed by atoms with Crippen LogP contribution >= 0.6 is 12.2 Å². The van der Waals surface area contributed by atoms with Crippen molar-refractivity contribution in [2.75, 3.05) is 13.1 Å². The van der Waals surface area contributed by atoms with Gasteiger partial charge in [0.15, 0.2) is 10.6 Å². The van der Waals surface area contributed by atoms with Crippen LogP contribution in [0.2, 0.25) is 0 Å². The third kappa shape index (κ3) is 2.63. The molecule has 3 rings (SSSR count). The summed E-state index contributed by atoms with van der Waals surface area (Å²) in [5.41, 5.74) is 0.950. The quantitative estimate of drug-likeness (QED) is 0.887. The van der Waals surface area contributed by atoms with Crippen molar-refractivity contribution < 1.29 is 4.79 Å². The fourth-order valence-electron chi connectivity index (χ4n) is 2.77. The van der Waals surface area contributed by atoms with Crippen LogP contribution in [0.1, 0.15) is 25.8 Å². The molecule has 0 spiro atoms. The minimum Gasteiger partial charge on any atom is -0.341 e. The van der Waals surface area contributed by atoms with Gasteiger partial charge in [-0.05, 0) is 32.0 Å². The minimum atomic E-state index is -0.343. The Hall–Kier alpha value is -1.95. The van der Waals surface area contributed by atoms with Crippen molar-refractivity contribution >= 4 is 18.1 Å². The predicted molar refractivity (Wildman–Crippen MR) is 83.4 cm³/mol. The highest BCUT2D eigenvalue weighted by Gasteiger charge is 2.27. The number of hydrogen-bond acceptors (Lipinski definition) is 3. The Morgan fingerprint density at radius 3 is 2.62 bits per heavy atom. The van der Waals surface area contributed by atoms with E-state index in [0.29, 0.717) is 10.6 Å². The van der Waals surface area contributed by atoms with Gasteiger partial charge in [-0.3, -0.25) is 14.5 Å². The summed E-state index contributed by atoms with van der Waals surface area (Å²) in [7, 11) is 0. The largest absolute Gasteiger partial charge is 0.341 e. The van der Waals surface area contributed by atoms with Crippen molar-refractivity contribution in [1.82, 2.24) is 19.7 Å². The molecule has 1 atom stereocenters. The summed E-state index contributed by atoms with van der Waals surface area (Å²) < 4.78 is 2.29. The fourth-order valence-corrected chi connectivity index (χ4v) is 3.06. The van der Waals surface area contributed by atoms with Gasteiger partial charge < -0.3 is 4.90 Å². The van der Waals surface area contributed by atoms with Crippen molar-refractivity contribution in [1.29, 1.82) is 0 Å². The first-order valence-corrected chi connectivity index (χ1v) is 7.60. The number of H-pyrrole nitrogens is 1. The van der Waals surface area contributed by atoms with E-state index in [-0.39, 0.29) is 11.9 Å². The average molecular weight is 302 g/mol. The molecule has 1 aromatic carbocycles. The molecule has 1 aliphatic rings. The van der Waals surface area contributed by atoms with Crippen molar-refractivity contribution in [2.24, 2.45) is 0 Å². The molecule has 1 fully saturated rings. The molecule has 21 heavy (non-hydrogen) atoms. The van der Waals surface area contributed by atoms with E-state index >= 15 is 0 Å². The molecule has 110 valence electrons. The third-order valence-corrected chi connectivity index (χ3v) is 4.19. The van der Waals surface area contributed by atoms with Gasteiger partial charge in [-0.25, -0.2) is 0 Å². The summed E-state index contributed by atoms with van der Waals surface area (Å²) in [5, 5.41) is 7.10. The van der Waals surface area contributed by atoms with E-state index in [0.717, 1.165) is 31.5 Å². The number of amides is 1. The van der Waals surface area contributed by atoms with Crippen molar-refractivity contribution in [3.63, 3.8) is 0 Å². The van der Waals surface area contributed by atoms with Gasteiger partial charge in [-0.1, -0.05) is 30.3 Å². The number of nitrogens with zero attached hydrogens (tertiary/aromatic N) is 3. The predicted octanol–water partition coefficient (Wildman–Crippen LogP) is 2.79. The van der Waals surface area contributed by atoms with Gasteiger partial charge in [0, 0.05) is 18.7 Å². The van der Waals surface area contributed by atoms with Crippen LogP contribution in [-0.4, -0.2) is 38.7 Å².